The third kappa shape index (κ3) is 5.24. The van der Waals surface area contributed by atoms with Crippen molar-refractivity contribution < 1.29 is 29.0 Å². The van der Waals surface area contributed by atoms with Gasteiger partial charge in [0.25, 0.3) is 5.91 Å². The van der Waals surface area contributed by atoms with Gasteiger partial charge in [0.1, 0.15) is 11.6 Å². The van der Waals surface area contributed by atoms with Gasteiger partial charge in [0.2, 0.25) is 5.91 Å². The lowest BCUT2D eigenvalue weighted by Crippen LogP contribution is -2.57. The van der Waals surface area contributed by atoms with E-state index in [0.29, 0.717) is 44.3 Å². The quantitative estimate of drug-likeness (QED) is 0.154. The maximum Gasteiger partial charge on any atom is 0.312 e. The average Bonchev–Trinajstić information content (AvgIpc) is 3.56. The molecule has 3 aliphatic rings. The minimum atomic E-state index is -1.16. The number of likely N-dealkylation sites (tertiary alicyclic amines) is 1. The van der Waals surface area contributed by atoms with Crippen LogP contribution in [0.5, 0.6) is 0 Å². The number of amides is 2. The van der Waals surface area contributed by atoms with Gasteiger partial charge in [0.15, 0.2) is 0 Å². The number of halogens is 1. The first kappa shape index (κ1) is 29.5. The lowest BCUT2D eigenvalue weighted by Gasteiger charge is -2.37. The van der Waals surface area contributed by atoms with Crippen molar-refractivity contribution >= 4 is 50.2 Å². The number of hydrogen-bond acceptors (Lipinski definition) is 6. The van der Waals surface area contributed by atoms with Gasteiger partial charge in [0, 0.05) is 30.2 Å². The zero-order chi connectivity index (χ0) is 29.1. The number of alkyl halides is 1. The summed E-state index contributed by atoms with van der Waals surface area (Å²) in [5, 5.41) is 11.3. The van der Waals surface area contributed by atoms with E-state index in [9.17, 15) is 19.5 Å². The van der Waals surface area contributed by atoms with Crippen LogP contribution in [0.3, 0.4) is 0 Å². The second-order valence-electron chi connectivity index (χ2n) is 11.0. The van der Waals surface area contributed by atoms with Crippen molar-refractivity contribution in [3.05, 3.63) is 67.8 Å². The lowest BCUT2D eigenvalue weighted by molar-refractivity contribution is -0.154. The van der Waals surface area contributed by atoms with Crippen molar-refractivity contribution in [1.29, 1.82) is 0 Å². The Kier molecular flexibility index (Phi) is 8.97. The molecule has 5 rings (SSSR count). The van der Waals surface area contributed by atoms with Gasteiger partial charge >= 0.3 is 5.97 Å². The molecule has 9 heteroatoms. The molecule has 1 N–H and O–H groups in total. The first-order valence-electron chi connectivity index (χ1n) is 14.3. The second-order valence-corrected chi connectivity index (χ2v) is 12.2. The first-order chi connectivity index (χ1) is 19.9. The van der Waals surface area contributed by atoms with Gasteiger partial charge < -0.3 is 24.4 Å². The van der Waals surface area contributed by atoms with E-state index < -0.39 is 35.6 Å². The summed E-state index contributed by atoms with van der Waals surface area (Å²) < 4.78 is 12.1. The predicted octanol–water partition coefficient (Wildman–Crippen LogP) is 4.39. The summed E-state index contributed by atoms with van der Waals surface area (Å²) in [6.07, 6.45) is 5.63. The highest BCUT2D eigenvalue weighted by Crippen LogP contribution is 2.60. The Morgan fingerprint density at radius 2 is 1.93 bits per heavy atom. The summed E-state index contributed by atoms with van der Waals surface area (Å²) >= 11 is 3.70. The summed E-state index contributed by atoms with van der Waals surface area (Å²) in [5.41, 5.74) is -0.466. The Balaban J connectivity index is 1.53. The number of aliphatic hydroxyl groups excluding tert-OH is 1. The van der Waals surface area contributed by atoms with Crippen molar-refractivity contribution in [2.45, 2.75) is 54.7 Å². The first-order valence-corrected chi connectivity index (χ1v) is 15.2. The third-order valence-electron chi connectivity index (χ3n) is 8.54. The van der Waals surface area contributed by atoms with E-state index in [1.807, 2.05) is 42.5 Å². The zero-order valence-electron chi connectivity index (χ0n) is 23.1. The number of ether oxygens (including phenoxy) is 2. The zero-order valence-corrected chi connectivity index (χ0v) is 24.7. The maximum absolute atomic E-state index is 14.7. The van der Waals surface area contributed by atoms with Crippen LogP contribution in [0, 0.1) is 11.8 Å². The fourth-order valence-electron chi connectivity index (χ4n) is 6.77. The molecule has 0 saturated carbocycles. The Hall–Kier alpha value is -3.01. The summed E-state index contributed by atoms with van der Waals surface area (Å²) in [4.78, 5) is 45.2. The molecular formula is C32H37BrN2O6. The van der Waals surface area contributed by atoms with Gasteiger partial charge in [0.05, 0.1) is 24.5 Å². The van der Waals surface area contributed by atoms with E-state index in [4.69, 9.17) is 9.47 Å². The van der Waals surface area contributed by atoms with Gasteiger partial charge in [-0.25, -0.2) is 0 Å². The van der Waals surface area contributed by atoms with Gasteiger partial charge in [-0.15, -0.1) is 13.2 Å². The molecule has 2 bridgehead atoms. The summed E-state index contributed by atoms with van der Waals surface area (Å²) in [5.74, 6) is -2.62. The van der Waals surface area contributed by atoms with Gasteiger partial charge in [-0.2, -0.15) is 0 Å². The van der Waals surface area contributed by atoms with Crippen molar-refractivity contribution in [3.63, 3.8) is 0 Å². The minimum absolute atomic E-state index is 0.0621. The number of hydrogen-bond donors (Lipinski definition) is 1. The second kappa shape index (κ2) is 12.5. The molecule has 6 atom stereocenters. The van der Waals surface area contributed by atoms with Crippen LogP contribution in [0.25, 0.3) is 10.8 Å². The van der Waals surface area contributed by atoms with E-state index in [1.54, 1.807) is 22.0 Å². The van der Waals surface area contributed by atoms with Crippen LogP contribution in [-0.2, 0) is 23.9 Å². The highest BCUT2D eigenvalue weighted by molar-refractivity contribution is 9.09. The molecule has 2 aromatic rings. The normalized spacial score (nSPS) is 28.1. The summed E-state index contributed by atoms with van der Waals surface area (Å²) in [6.45, 7) is 8.37. The molecule has 1 spiro atoms. The average molecular weight is 626 g/mol. The molecule has 3 saturated heterocycles. The number of nitrogens with zero attached hydrogens (tertiary/aromatic N) is 2. The van der Waals surface area contributed by atoms with Gasteiger partial charge in [-0.1, -0.05) is 58.4 Å². The number of rotatable bonds is 13. The standard InChI is InChI=1S/C32H37BrN2O6/c1-3-5-18-40-31(39)25-26-29(37)35(16-9-6-10-17-36)28(32(26)20-24(33)27(25)41-32)30(38)34(15-4-2)23-14-13-21-11-7-8-12-22(21)19-23/h3-4,7-8,11-14,19,24-28,36H,1-2,5-6,9-10,15-18,20H2/t24?,25-,26+,27-,28?,32?/m1/s1. The van der Waals surface area contributed by atoms with Crippen LogP contribution in [0.4, 0.5) is 5.69 Å². The van der Waals surface area contributed by atoms with Crippen LogP contribution < -0.4 is 4.90 Å². The molecule has 3 aliphatic heterocycles. The van der Waals surface area contributed by atoms with E-state index in [0.717, 1.165) is 10.8 Å². The Morgan fingerprint density at radius 3 is 2.66 bits per heavy atom. The smallest absolute Gasteiger partial charge is 0.312 e. The third-order valence-corrected chi connectivity index (χ3v) is 9.39. The number of benzene rings is 2. The number of unbranched alkanes of at least 4 members (excludes halogenated alkanes) is 2. The van der Waals surface area contributed by atoms with Crippen LogP contribution in [0.2, 0.25) is 0 Å². The molecule has 8 nitrogen and oxygen atoms in total. The van der Waals surface area contributed by atoms with Crippen LogP contribution in [0.15, 0.2) is 67.8 Å². The fourth-order valence-corrected chi connectivity index (χ4v) is 7.72. The topological polar surface area (TPSA) is 96.4 Å². The summed E-state index contributed by atoms with van der Waals surface area (Å²) in [6, 6.07) is 12.9. The predicted molar refractivity (Wildman–Crippen MR) is 161 cm³/mol. The Labute approximate surface area is 249 Å². The van der Waals surface area contributed by atoms with E-state index in [1.165, 1.54) is 0 Å². The molecule has 2 aromatic carbocycles. The molecule has 0 radical (unpaired) electrons. The largest absolute Gasteiger partial charge is 0.465 e. The van der Waals surface area contributed by atoms with E-state index in [2.05, 4.69) is 29.1 Å². The molecule has 3 fully saturated rings. The highest BCUT2D eigenvalue weighted by Gasteiger charge is 2.77. The molecule has 41 heavy (non-hydrogen) atoms. The highest BCUT2D eigenvalue weighted by atomic mass is 79.9. The van der Waals surface area contributed by atoms with Crippen molar-refractivity contribution in [2.24, 2.45) is 11.8 Å². The van der Waals surface area contributed by atoms with Crippen molar-refractivity contribution in [2.75, 3.05) is 31.2 Å². The maximum atomic E-state index is 14.7. The monoisotopic (exact) mass is 624 g/mol. The number of fused-ring (bicyclic) bond motifs is 2. The van der Waals surface area contributed by atoms with E-state index >= 15 is 0 Å². The molecule has 218 valence electrons. The molecule has 0 aliphatic carbocycles. The minimum Gasteiger partial charge on any atom is -0.465 e. The molecule has 3 heterocycles. The lowest BCUT2D eigenvalue weighted by atomic mass is 9.70. The van der Waals surface area contributed by atoms with Crippen LogP contribution >= 0.6 is 15.9 Å². The fraction of sp³-hybridized carbons (Fsp3) is 0.469. The van der Waals surface area contributed by atoms with E-state index in [-0.39, 0.29) is 36.4 Å². The van der Waals surface area contributed by atoms with Crippen LogP contribution in [-0.4, -0.2) is 76.7 Å². The van der Waals surface area contributed by atoms with Gasteiger partial charge in [-0.3, -0.25) is 14.4 Å². The number of carbonyl (C=O) groups excluding carboxylic acids is 3. The Morgan fingerprint density at radius 1 is 1.15 bits per heavy atom. The molecular weight excluding hydrogens is 588 g/mol. The number of anilines is 1. The van der Waals surface area contributed by atoms with Crippen molar-refractivity contribution in [1.82, 2.24) is 4.90 Å². The summed E-state index contributed by atoms with van der Waals surface area (Å²) in [7, 11) is 0. The molecule has 0 aromatic heterocycles. The molecule has 2 amide bonds. The molecule has 3 unspecified atom stereocenters. The number of esters is 1. The number of carbonyl (C=O) groups is 3. The Bertz CT molecular complexity index is 1330. The number of aliphatic hydroxyl groups is 1. The SMILES string of the molecule is C=CCCOC(=O)[C@H]1[C@@H]2OC3(CC2Br)C(C(=O)N(CC=C)c2ccc4ccccc4c2)N(CCCCCO)C(=O)[C@H]13. The van der Waals surface area contributed by atoms with Crippen molar-refractivity contribution in [3.8, 4) is 0 Å². The van der Waals surface area contributed by atoms with Gasteiger partial charge in [-0.05, 0) is 55.0 Å². The van der Waals surface area contributed by atoms with Crippen LogP contribution in [0.1, 0.15) is 32.1 Å².